The number of hydrogen-bond acceptors (Lipinski definition) is 10. The normalized spacial score (nSPS) is 14.6. The SMILES string of the molecule is O=C(N[C@H](Cn1nccn1)C(F)(F)CO)c1cccc(F)c1C1=NCC(c2ccc(F)cc2)=C1.O=C(N[C@H](Cn1nccn1)C(F)(F)CO)c1cccc(F)c1C1=NCC(c2ccc(F)cc2)=C1F. The molecule has 23 heteroatoms. The van der Waals surface area contributed by atoms with E-state index in [1.165, 1.54) is 67.3 Å². The van der Waals surface area contributed by atoms with Gasteiger partial charge >= 0.3 is 0 Å². The van der Waals surface area contributed by atoms with E-state index in [-0.39, 0.29) is 35.5 Å². The number of aromatic nitrogens is 6. The predicted molar refractivity (Wildman–Crippen MR) is 231 cm³/mol. The lowest BCUT2D eigenvalue weighted by Gasteiger charge is -2.26. The summed E-state index contributed by atoms with van der Waals surface area (Å²) in [6, 6.07) is 13.8. The molecule has 0 saturated heterocycles. The van der Waals surface area contributed by atoms with Crippen molar-refractivity contribution >= 4 is 34.4 Å². The highest BCUT2D eigenvalue weighted by Crippen LogP contribution is 2.32. The molecule has 0 radical (unpaired) electrons. The maximum absolute atomic E-state index is 15.3. The highest BCUT2D eigenvalue weighted by Gasteiger charge is 2.43. The lowest BCUT2D eigenvalue weighted by atomic mass is 9.98. The minimum atomic E-state index is -3.78. The van der Waals surface area contributed by atoms with Crippen LogP contribution < -0.4 is 10.6 Å². The quantitative estimate of drug-likeness (QED) is 0.0848. The Morgan fingerprint density at radius 3 is 1.52 bits per heavy atom. The third-order valence-electron chi connectivity index (χ3n) is 10.7. The lowest BCUT2D eigenvalue weighted by molar-refractivity contribution is -0.0823. The van der Waals surface area contributed by atoms with Gasteiger partial charge in [0.2, 0.25) is 0 Å². The van der Waals surface area contributed by atoms with Crippen molar-refractivity contribution in [3.63, 3.8) is 0 Å². The van der Waals surface area contributed by atoms with Crippen LogP contribution in [0.1, 0.15) is 43.0 Å². The zero-order valence-corrected chi connectivity index (χ0v) is 35.6. The monoisotopic (exact) mass is 964 g/mol. The highest BCUT2D eigenvalue weighted by atomic mass is 19.3. The summed E-state index contributed by atoms with van der Waals surface area (Å²) in [5.41, 5.74) is 0.116. The Morgan fingerprint density at radius 1 is 0.594 bits per heavy atom. The molecule has 2 aliphatic rings. The first-order chi connectivity index (χ1) is 33.0. The summed E-state index contributed by atoms with van der Waals surface area (Å²) in [5, 5.41) is 37.4. The second-order valence-corrected chi connectivity index (χ2v) is 15.2. The second-order valence-electron chi connectivity index (χ2n) is 15.2. The number of aliphatic imine (C=N–C) groups is 2. The summed E-state index contributed by atoms with van der Waals surface area (Å²) in [7, 11) is 0. The molecule has 2 atom stereocenters. The summed E-state index contributed by atoms with van der Waals surface area (Å²) in [6.07, 6.45) is 6.61. The molecule has 0 aliphatic carbocycles. The highest BCUT2D eigenvalue weighted by molar-refractivity contribution is 6.22. The minimum Gasteiger partial charge on any atom is -0.390 e. The molecule has 358 valence electrons. The van der Waals surface area contributed by atoms with Crippen molar-refractivity contribution in [1.29, 1.82) is 0 Å². The van der Waals surface area contributed by atoms with E-state index in [1.54, 1.807) is 18.2 Å². The molecular formula is C46H37F9N10O4. The molecule has 0 fully saturated rings. The summed E-state index contributed by atoms with van der Waals surface area (Å²) in [6.45, 7) is -4.25. The van der Waals surface area contributed by atoms with Crippen LogP contribution in [-0.2, 0) is 13.1 Å². The number of nitrogens with one attached hydrogen (secondary N) is 2. The van der Waals surface area contributed by atoms with Gasteiger partial charge in [-0.3, -0.25) is 19.6 Å². The molecule has 8 rings (SSSR count). The number of alkyl halides is 4. The smallest absolute Gasteiger partial charge is 0.292 e. The molecular weight excluding hydrogens is 928 g/mol. The topological polar surface area (TPSA) is 185 Å². The average molecular weight is 965 g/mol. The van der Waals surface area contributed by atoms with E-state index in [9.17, 15) is 44.7 Å². The van der Waals surface area contributed by atoms with Gasteiger partial charge < -0.3 is 20.8 Å². The number of aliphatic hydroxyl groups is 2. The standard InChI is InChI=1S/C23H18F5N5O2.C23H19F4N5O2/c24-14-6-4-13(5-7-14)16-10-29-21(20(16)26)19-15(2-1-3-17(19)25)22(35)32-18(23(27,28)12-34)11-33-30-8-9-31-33;24-16-6-4-14(5-7-16)15-10-19(28-11-15)21-17(2-1-3-18(21)25)22(34)31-20(23(26,27)13-33)12-32-29-8-9-30-32/h1-9,18,34H,10-12H2,(H,32,35);1-10,20,33H,11-13H2,(H,31,34)/t18-;20-/m11/s1. The van der Waals surface area contributed by atoms with Crippen LogP contribution in [0.4, 0.5) is 39.5 Å². The maximum atomic E-state index is 15.3. The van der Waals surface area contributed by atoms with Crippen LogP contribution in [0.25, 0.3) is 11.1 Å². The van der Waals surface area contributed by atoms with E-state index < -0.39 is 108 Å². The fourth-order valence-corrected chi connectivity index (χ4v) is 7.11. The first-order valence-electron chi connectivity index (χ1n) is 20.5. The molecule has 0 unspecified atom stereocenters. The van der Waals surface area contributed by atoms with E-state index in [4.69, 9.17) is 10.2 Å². The van der Waals surface area contributed by atoms with Crippen molar-refractivity contribution in [1.82, 2.24) is 40.6 Å². The van der Waals surface area contributed by atoms with Gasteiger partial charge in [0, 0.05) is 11.1 Å². The van der Waals surface area contributed by atoms with E-state index in [2.05, 4.69) is 41.0 Å². The summed E-state index contributed by atoms with van der Waals surface area (Å²) in [5.74, 6) is -13.2. The molecule has 69 heavy (non-hydrogen) atoms. The van der Waals surface area contributed by atoms with Gasteiger partial charge in [0.15, 0.2) is 5.83 Å². The third kappa shape index (κ3) is 11.3. The molecule has 4 aromatic carbocycles. The first kappa shape index (κ1) is 49.1. The van der Waals surface area contributed by atoms with Crippen LogP contribution in [0.3, 0.4) is 0 Å². The number of hydrogen-bond donors (Lipinski definition) is 4. The van der Waals surface area contributed by atoms with Gasteiger partial charge in [-0.2, -0.15) is 30.0 Å². The van der Waals surface area contributed by atoms with Crippen LogP contribution in [0.2, 0.25) is 0 Å². The minimum absolute atomic E-state index is 0.0593. The van der Waals surface area contributed by atoms with E-state index >= 15 is 4.39 Å². The Labute approximate surface area is 385 Å². The van der Waals surface area contributed by atoms with Crippen molar-refractivity contribution in [2.75, 3.05) is 26.3 Å². The van der Waals surface area contributed by atoms with Gasteiger partial charge in [-0.15, -0.1) is 0 Å². The average Bonchev–Trinajstić information content (AvgIpc) is 4.19. The van der Waals surface area contributed by atoms with Crippen LogP contribution in [0.5, 0.6) is 0 Å². The number of halogens is 9. The number of nitrogens with zero attached hydrogens (tertiary/aromatic N) is 8. The largest absolute Gasteiger partial charge is 0.390 e. The third-order valence-corrected chi connectivity index (χ3v) is 10.7. The Balaban J connectivity index is 0.000000204. The van der Waals surface area contributed by atoms with Gasteiger partial charge in [0.1, 0.15) is 54.3 Å². The predicted octanol–water partition coefficient (Wildman–Crippen LogP) is 6.03. The van der Waals surface area contributed by atoms with Crippen LogP contribution in [0, 0.1) is 23.3 Å². The number of benzene rings is 4. The Morgan fingerprint density at radius 2 is 1.04 bits per heavy atom. The van der Waals surface area contributed by atoms with Crippen molar-refractivity contribution < 1.29 is 59.3 Å². The molecule has 0 saturated carbocycles. The van der Waals surface area contributed by atoms with Crippen LogP contribution in [-0.4, -0.2) is 114 Å². The Hall–Kier alpha value is -7.79. The number of carbonyl (C=O) groups is 2. The molecule has 6 aromatic rings. The fraction of sp³-hybridized carbons (Fsp3) is 0.217. The molecule has 2 aromatic heterocycles. The zero-order chi connectivity index (χ0) is 49.5. The number of allylic oxidation sites excluding steroid dienone is 2. The van der Waals surface area contributed by atoms with Crippen molar-refractivity contribution in [3.05, 3.63) is 178 Å². The Bertz CT molecular complexity index is 2930. The summed E-state index contributed by atoms with van der Waals surface area (Å²) >= 11 is 0. The van der Waals surface area contributed by atoms with Gasteiger partial charge in [-0.05, 0) is 71.3 Å². The van der Waals surface area contributed by atoms with E-state index in [1.807, 2.05) is 0 Å². The zero-order valence-electron chi connectivity index (χ0n) is 35.6. The Kier molecular flexibility index (Phi) is 15.0. The van der Waals surface area contributed by atoms with Crippen molar-refractivity contribution in [3.8, 4) is 0 Å². The number of aliphatic hydroxyl groups excluding tert-OH is 2. The van der Waals surface area contributed by atoms with Crippen molar-refractivity contribution in [2.45, 2.75) is 37.0 Å². The fourth-order valence-electron chi connectivity index (χ4n) is 7.11. The summed E-state index contributed by atoms with van der Waals surface area (Å²) in [4.78, 5) is 36.1. The summed E-state index contributed by atoms with van der Waals surface area (Å²) < 4.78 is 129. The molecule has 2 aliphatic heterocycles. The molecule has 14 nitrogen and oxygen atoms in total. The van der Waals surface area contributed by atoms with Gasteiger partial charge in [-0.25, -0.2) is 39.5 Å². The van der Waals surface area contributed by atoms with Crippen LogP contribution in [0.15, 0.2) is 132 Å². The number of rotatable bonds is 16. The van der Waals surface area contributed by atoms with Crippen LogP contribution >= 0.6 is 0 Å². The van der Waals surface area contributed by atoms with Gasteiger partial charge in [0.25, 0.3) is 23.7 Å². The first-order valence-corrected chi connectivity index (χ1v) is 20.5. The number of carbonyl (C=O) groups excluding carboxylic acids is 2. The van der Waals surface area contributed by atoms with E-state index in [0.717, 1.165) is 39.9 Å². The van der Waals surface area contributed by atoms with Gasteiger partial charge in [0.05, 0.1) is 73.4 Å². The molecule has 2 amide bonds. The van der Waals surface area contributed by atoms with Gasteiger partial charge in [-0.1, -0.05) is 36.4 Å². The molecule has 0 bridgehead atoms. The lowest BCUT2D eigenvalue weighted by Crippen LogP contribution is -2.52. The molecule has 4 heterocycles. The number of amides is 2. The second kappa shape index (κ2) is 21.0. The molecule has 4 N–H and O–H groups in total. The van der Waals surface area contributed by atoms with E-state index in [0.29, 0.717) is 16.7 Å². The van der Waals surface area contributed by atoms with Crippen molar-refractivity contribution in [2.24, 2.45) is 9.98 Å². The maximum Gasteiger partial charge on any atom is 0.292 e. The molecule has 0 spiro atoms.